The third-order valence-electron chi connectivity index (χ3n) is 5.17. The number of fused-ring (bicyclic) bond motifs is 1. The second-order valence-corrected chi connectivity index (χ2v) is 7.54. The summed E-state index contributed by atoms with van der Waals surface area (Å²) in [6, 6.07) is -0.293. The van der Waals surface area contributed by atoms with Crippen LogP contribution in [0.4, 0.5) is 4.79 Å². The first-order valence-corrected chi connectivity index (χ1v) is 10.1. The first kappa shape index (κ1) is 23.1. The van der Waals surface area contributed by atoms with E-state index in [2.05, 4.69) is 10.3 Å². The molecule has 1 aromatic heterocycles. The number of rotatable bonds is 5. The Balaban J connectivity index is 2.23. The Kier molecular flexibility index (Phi) is 8.84. The van der Waals surface area contributed by atoms with Crippen molar-refractivity contribution in [2.45, 2.75) is 58.9 Å². The maximum absolute atomic E-state index is 12.8. The van der Waals surface area contributed by atoms with Crippen LogP contribution in [0.1, 0.15) is 39.3 Å². The Labute approximate surface area is 171 Å². The molecule has 10 nitrogen and oxygen atoms in total. The Morgan fingerprint density at radius 3 is 2.97 bits per heavy atom. The van der Waals surface area contributed by atoms with Crippen LogP contribution in [0.25, 0.3) is 0 Å². The van der Waals surface area contributed by atoms with Crippen LogP contribution in [0, 0.1) is 5.92 Å². The minimum atomic E-state index is -0.419. The summed E-state index contributed by atoms with van der Waals surface area (Å²) in [6.07, 6.45) is 1.90. The van der Waals surface area contributed by atoms with Crippen LogP contribution in [-0.2, 0) is 27.4 Å². The van der Waals surface area contributed by atoms with Crippen LogP contribution in [0.2, 0.25) is 0 Å². The number of amides is 2. The fourth-order valence-corrected chi connectivity index (χ4v) is 3.32. The summed E-state index contributed by atoms with van der Waals surface area (Å²) in [6.45, 7) is 7.37. The highest BCUT2D eigenvalue weighted by Gasteiger charge is 2.29. The maximum Gasteiger partial charge on any atom is 0.409 e. The number of aromatic nitrogens is 3. The highest BCUT2D eigenvalue weighted by molar-refractivity contribution is 5.76. The number of hydrogen-bond acceptors (Lipinski definition) is 7. The van der Waals surface area contributed by atoms with Gasteiger partial charge in [-0.1, -0.05) is 12.1 Å². The number of aryl methyl sites for hydroxylation is 1. The third kappa shape index (κ3) is 6.40. The van der Waals surface area contributed by atoms with E-state index in [1.165, 1.54) is 4.90 Å². The molecule has 0 saturated carbocycles. The van der Waals surface area contributed by atoms with Crippen LogP contribution in [0.3, 0.4) is 0 Å². The normalized spacial score (nSPS) is 22.2. The Morgan fingerprint density at radius 2 is 2.28 bits per heavy atom. The van der Waals surface area contributed by atoms with Gasteiger partial charge in [-0.05, 0) is 20.3 Å². The largest absolute Gasteiger partial charge is 0.450 e. The van der Waals surface area contributed by atoms with Crippen LogP contribution >= 0.6 is 0 Å². The maximum atomic E-state index is 12.8. The molecule has 164 valence electrons. The molecule has 3 atom stereocenters. The summed E-state index contributed by atoms with van der Waals surface area (Å²) in [5.41, 5.74) is 0.828. The zero-order valence-corrected chi connectivity index (χ0v) is 17.8. The van der Waals surface area contributed by atoms with E-state index < -0.39 is 6.09 Å². The molecule has 0 bridgehead atoms. The average Bonchev–Trinajstić information content (AvgIpc) is 3.14. The molecule has 29 heavy (non-hydrogen) atoms. The number of carbonyl (C=O) groups excluding carboxylic acids is 2. The summed E-state index contributed by atoms with van der Waals surface area (Å²) in [4.78, 5) is 28.0. The summed E-state index contributed by atoms with van der Waals surface area (Å²) >= 11 is 0. The van der Waals surface area contributed by atoms with Crippen molar-refractivity contribution in [3.05, 3.63) is 11.9 Å². The Morgan fingerprint density at radius 1 is 1.52 bits per heavy atom. The van der Waals surface area contributed by atoms with Gasteiger partial charge in [0.1, 0.15) is 0 Å². The molecule has 10 heteroatoms. The third-order valence-corrected chi connectivity index (χ3v) is 5.17. The highest BCUT2D eigenvalue weighted by atomic mass is 16.6. The van der Waals surface area contributed by atoms with Crippen molar-refractivity contribution >= 4 is 12.0 Å². The van der Waals surface area contributed by atoms with Crippen LogP contribution < -0.4 is 0 Å². The Bertz CT molecular complexity index is 667. The molecule has 1 aliphatic heterocycles. The summed E-state index contributed by atoms with van der Waals surface area (Å²) in [7, 11) is 1.66. The topological polar surface area (TPSA) is 110 Å². The number of hydrogen-bond donors (Lipinski definition) is 1. The molecular weight excluding hydrogens is 378 g/mol. The lowest BCUT2D eigenvalue weighted by Crippen LogP contribution is -2.48. The molecule has 2 amide bonds. The van der Waals surface area contributed by atoms with Gasteiger partial charge >= 0.3 is 6.09 Å². The number of nitrogens with zero attached hydrogens (tertiary/aromatic N) is 5. The van der Waals surface area contributed by atoms with Crippen molar-refractivity contribution in [2.75, 3.05) is 33.4 Å². The van der Waals surface area contributed by atoms with Crippen molar-refractivity contribution in [1.29, 1.82) is 0 Å². The standard InChI is InChI=1S/C19H33N5O5/c1-5-28-19(27)22(4)11-17-14(2)10-23(15(3)12-25)18(26)7-6-8-24-16(13-29-17)9-20-21-24/h9,14-15,17,25H,5-8,10-13H2,1-4H3/t14-,15+,17+/m1/s1. The van der Waals surface area contributed by atoms with E-state index >= 15 is 0 Å². The van der Waals surface area contributed by atoms with Crippen molar-refractivity contribution in [2.24, 2.45) is 5.92 Å². The van der Waals surface area contributed by atoms with E-state index in [1.807, 2.05) is 13.8 Å². The Hall–Kier alpha value is -2.20. The monoisotopic (exact) mass is 411 g/mol. The fourth-order valence-electron chi connectivity index (χ4n) is 3.32. The number of aliphatic hydroxyl groups excluding tert-OH is 1. The molecule has 0 fully saturated rings. The van der Waals surface area contributed by atoms with Gasteiger partial charge < -0.3 is 24.4 Å². The van der Waals surface area contributed by atoms with Crippen LogP contribution in [0.15, 0.2) is 6.20 Å². The van der Waals surface area contributed by atoms with Gasteiger partial charge in [0, 0.05) is 32.5 Å². The number of carbonyl (C=O) groups is 2. The quantitative estimate of drug-likeness (QED) is 0.766. The number of ether oxygens (including phenoxy) is 2. The molecule has 0 aliphatic carbocycles. The van der Waals surface area contributed by atoms with Crippen molar-refractivity contribution in [3.8, 4) is 0 Å². The number of likely N-dealkylation sites (N-methyl/N-ethyl adjacent to an activating group) is 1. The van der Waals surface area contributed by atoms with Gasteiger partial charge in [0.05, 0.1) is 50.4 Å². The first-order chi connectivity index (χ1) is 13.9. The van der Waals surface area contributed by atoms with E-state index in [0.717, 1.165) is 5.69 Å². The van der Waals surface area contributed by atoms with Gasteiger partial charge in [0.2, 0.25) is 5.91 Å². The molecule has 0 radical (unpaired) electrons. The van der Waals surface area contributed by atoms with Gasteiger partial charge in [-0.15, -0.1) is 5.10 Å². The lowest BCUT2D eigenvalue weighted by Gasteiger charge is -2.35. The van der Waals surface area contributed by atoms with Gasteiger partial charge in [0.25, 0.3) is 0 Å². The SMILES string of the molecule is CCOC(=O)N(C)C[C@@H]1OCc2cnnn2CCCC(=O)N([C@@H](C)CO)C[C@H]1C. The summed E-state index contributed by atoms with van der Waals surface area (Å²) in [5.74, 6) is -0.0910. The molecule has 1 aliphatic rings. The molecule has 2 rings (SSSR count). The molecule has 1 N–H and O–H groups in total. The smallest absolute Gasteiger partial charge is 0.409 e. The van der Waals surface area contributed by atoms with Crippen molar-refractivity contribution in [3.63, 3.8) is 0 Å². The molecule has 0 spiro atoms. The van der Waals surface area contributed by atoms with Gasteiger partial charge in [-0.25, -0.2) is 9.48 Å². The van der Waals surface area contributed by atoms with E-state index in [-0.39, 0.29) is 30.6 Å². The van der Waals surface area contributed by atoms with Crippen LogP contribution in [-0.4, -0.2) is 87.4 Å². The average molecular weight is 412 g/mol. The molecule has 0 unspecified atom stereocenters. The second kappa shape index (κ2) is 11.1. The first-order valence-electron chi connectivity index (χ1n) is 10.1. The van der Waals surface area contributed by atoms with E-state index in [4.69, 9.17) is 9.47 Å². The molecular formula is C19H33N5O5. The second-order valence-electron chi connectivity index (χ2n) is 7.54. The van der Waals surface area contributed by atoms with Gasteiger partial charge in [-0.3, -0.25) is 4.79 Å². The van der Waals surface area contributed by atoms with Crippen molar-refractivity contribution < 1.29 is 24.2 Å². The lowest BCUT2D eigenvalue weighted by molar-refractivity contribution is -0.136. The summed E-state index contributed by atoms with van der Waals surface area (Å²) < 4.78 is 13.0. The summed E-state index contributed by atoms with van der Waals surface area (Å²) in [5, 5.41) is 17.6. The van der Waals surface area contributed by atoms with E-state index in [9.17, 15) is 14.7 Å². The van der Waals surface area contributed by atoms with Crippen molar-refractivity contribution in [1.82, 2.24) is 24.8 Å². The van der Waals surface area contributed by atoms with Gasteiger partial charge in [-0.2, -0.15) is 0 Å². The van der Waals surface area contributed by atoms with E-state index in [1.54, 1.807) is 29.7 Å². The lowest BCUT2D eigenvalue weighted by atomic mass is 10.0. The minimum absolute atomic E-state index is 0.0156. The molecule has 0 saturated heterocycles. The zero-order chi connectivity index (χ0) is 21.4. The van der Waals surface area contributed by atoms with Gasteiger partial charge in [0.15, 0.2) is 0 Å². The zero-order valence-electron chi connectivity index (χ0n) is 17.8. The highest BCUT2D eigenvalue weighted by Crippen LogP contribution is 2.18. The predicted molar refractivity (Wildman–Crippen MR) is 105 cm³/mol. The molecule has 1 aromatic rings. The fraction of sp³-hybridized carbons (Fsp3) is 0.789. The number of aliphatic hydroxyl groups is 1. The minimum Gasteiger partial charge on any atom is -0.450 e. The predicted octanol–water partition coefficient (Wildman–Crippen LogP) is 0.891. The van der Waals surface area contributed by atoms with Crippen LogP contribution in [0.5, 0.6) is 0 Å². The molecule has 2 heterocycles. The molecule has 0 aromatic carbocycles. The van der Waals surface area contributed by atoms with E-state index in [0.29, 0.717) is 45.7 Å².